The lowest BCUT2D eigenvalue weighted by molar-refractivity contribution is -0.175. The van der Waals surface area contributed by atoms with Crippen LogP contribution in [0.3, 0.4) is 0 Å². The van der Waals surface area contributed by atoms with Crippen LogP contribution in [0.15, 0.2) is 0 Å². The van der Waals surface area contributed by atoms with E-state index in [9.17, 15) is 9.90 Å². The van der Waals surface area contributed by atoms with E-state index in [1.165, 1.54) is 0 Å². The maximum Gasteiger partial charge on any atom is 0.312 e. The molecular formula is C24H48O4. The van der Waals surface area contributed by atoms with E-state index in [1.54, 1.807) is 0 Å². The predicted molar refractivity (Wildman–Crippen MR) is 117 cm³/mol. The van der Waals surface area contributed by atoms with Crippen molar-refractivity contribution in [2.45, 2.75) is 108 Å². The number of aliphatic hydroxyl groups excluding tert-OH is 1. The molecule has 0 radical (unpaired) electrons. The third kappa shape index (κ3) is 7.67. The standard InChI is InChI=1S/C24H48O4/c1-13-19(22(8,9)16-25)28-23(10,11)18(4)14-27-20(26)24(12,17(2)3)15-21(5,6)7/h17-19,25H,13-16H2,1-12H3. The lowest BCUT2D eigenvalue weighted by atomic mass is 9.69. The van der Waals surface area contributed by atoms with Gasteiger partial charge in [-0.15, -0.1) is 0 Å². The van der Waals surface area contributed by atoms with Gasteiger partial charge in [-0.2, -0.15) is 0 Å². The predicted octanol–water partition coefficient (Wildman–Crippen LogP) is 5.86. The molecule has 0 amide bonds. The zero-order chi connectivity index (χ0) is 22.6. The average Bonchev–Trinajstić information content (AvgIpc) is 2.54. The summed E-state index contributed by atoms with van der Waals surface area (Å²) in [5, 5.41) is 9.69. The SMILES string of the molecule is CCC(OC(C)(C)C(C)COC(=O)C(C)(CC(C)(C)C)C(C)C)C(C)(C)CO. The molecule has 1 N–H and O–H groups in total. The fraction of sp³-hybridized carbons (Fsp3) is 0.958. The summed E-state index contributed by atoms with van der Waals surface area (Å²) in [5.41, 5.74) is -1.24. The monoisotopic (exact) mass is 400 g/mol. The normalized spacial score (nSPS) is 17.9. The highest BCUT2D eigenvalue weighted by molar-refractivity contribution is 5.76. The van der Waals surface area contributed by atoms with Crippen LogP contribution < -0.4 is 0 Å². The number of hydrogen-bond donors (Lipinski definition) is 1. The molecule has 0 aliphatic rings. The van der Waals surface area contributed by atoms with Crippen LogP contribution in [0.1, 0.15) is 95.9 Å². The topological polar surface area (TPSA) is 55.8 Å². The first-order chi connectivity index (χ1) is 12.4. The molecule has 4 heteroatoms. The Morgan fingerprint density at radius 1 is 0.964 bits per heavy atom. The van der Waals surface area contributed by atoms with Crippen LogP contribution in [0.5, 0.6) is 0 Å². The molecule has 0 fully saturated rings. The maximum atomic E-state index is 13.0. The van der Waals surface area contributed by atoms with Gasteiger partial charge in [-0.1, -0.05) is 62.3 Å². The first kappa shape index (κ1) is 27.4. The molecule has 28 heavy (non-hydrogen) atoms. The highest BCUT2D eigenvalue weighted by Crippen LogP contribution is 2.41. The lowest BCUT2D eigenvalue weighted by Crippen LogP contribution is -2.46. The second kappa shape index (κ2) is 9.93. The van der Waals surface area contributed by atoms with E-state index in [4.69, 9.17) is 9.47 Å². The minimum atomic E-state index is -0.506. The Labute approximate surface area is 174 Å². The molecule has 3 unspecified atom stereocenters. The number of aliphatic hydroxyl groups is 1. The summed E-state index contributed by atoms with van der Waals surface area (Å²) in [5.74, 6) is 0.113. The summed E-state index contributed by atoms with van der Waals surface area (Å²) in [6.07, 6.45) is 1.54. The van der Waals surface area contributed by atoms with Gasteiger partial charge in [0.2, 0.25) is 0 Å². The maximum absolute atomic E-state index is 13.0. The van der Waals surface area contributed by atoms with E-state index in [0.717, 1.165) is 12.8 Å². The number of carbonyl (C=O) groups is 1. The average molecular weight is 401 g/mol. The number of ether oxygens (including phenoxy) is 2. The molecule has 0 bridgehead atoms. The molecule has 4 nitrogen and oxygen atoms in total. The molecule has 3 atom stereocenters. The van der Waals surface area contributed by atoms with E-state index >= 15 is 0 Å². The summed E-state index contributed by atoms with van der Waals surface area (Å²) in [6.45, 7) is 25.3. The Morgan fingerprint density at radius 3 is 1.82 bits per heavy atom. The molecule has 0 aliphatic heterocycles. The molecule has 0 rings (SSSR count). The minimum absolute atomic E-state index is 0.0334. The van der Waals surface area contributed by atoms with Gasteiger partial charge in [-0.25, -0.2) is 0 Å². The van der Waals surface area contributed by atoms with Gasteiger partial charge in [0, 0.05) is 11.3 Å². The van der Waals surface area contributed by atoms with Crippen LogP contribution in [0, 0.1) is 28.1 Å². The molecule has 0 heterocycles. The molecule has 0 aromatic carbocycles. The smallest absolute Gasteiger partial charge is 0.312 e. The summed E-state index contributed by atoms with van der Waals surface area (Å²) in [6, 6.07) is 0. The first-order valence-corrected chi connectivity index (χ1v) is 10.9. The fourth-order valence-electron chi connectivity index (χ4n) is 3.56. The first-order valence-electron chi connectivity index (χ1n) is 10.9. The Bertz CT molecular complexity index is 487. The van der Waals surface area contributed by atoms with Crippen molar-refractivity contribution < 1.29 is 19.4 Å². The van der Waals surface area contributed by atoms with Crippen molar-refractivity contribution >= 4 is 5.97 Å². The van der Waals surface area contributed by atoms with Crippen molar-refractivity contribution in [2.75, 3.05) is 13.2 Å². The molecular weight excluding hydrogens is 352 g/mol. The lowest BCUT2D eigenvalue weighted by Gasteiger charge is -2.42. The van der Waals surface area contributed by atoms with Crippen molar-refractivity contribution in [1.29, 1.82) is 0 Å². The van der Waals surface area contributed by atoms with Gasteiger partial charge in [0.15, 0.2) is 0 Å². The number of carbonyl (C=O) groups excluding carboxylic acids is 1. The Hall–Kier alpha value is -0.610. The molecule has 168 valence electrons. The second-order valence-electron chi connectivity index (χ2n) is 11.6. The van der Waals surface area contributed by atoms with Crippen LogP contribution in [0.25, 0.3) is 0 Å². The van der Waals surface area contributed by atoms with Crippen molar-refractivity contribution in [3.05, 3.63) is 0 Å². The fourth-order valence-corrected chi connectivity index (χ4v) is 3.56. The Kier molecular flexibility index (Phi) is 9.71. The highest BCUT2D eigenvalue weighted by atomic mass is 16.5. The van der Waals surface area contributed by atoms with Crippen LogP contribution in [-0.4, -0.2) is 36.0 Å². The number of rotatable bonds is 11. The highest BCUT2D eigenvalue weighted by Gasteiger charge is 2.42. The molecule has 0 saturated carbocycles. The Balaban J connectivity index is 5.14. The summed E-state index contributed by atoms with van der Waals surface area (Å²) in [4.78, 5) is 13.0. The molecule has 0 aliphatic carbocycles. The quantitative estimate of drug-likeness (QED) is 0.442. The van der Waals surface area contributed by atoms with Crippen molar-refractivity contribution in [3.8, 4) is 0 Å². The van der Waals surface area contributed by atoms with E-state index in [0.29, 0.717) is 6.61 Å². The number of esters is 1. The van der Waals surface area contributed by atoms with Gasteiger partial charge in [0.05, 0.1) is 30.3 Å². The van der Waals surface area contributed by atoms with E-state index in [1.807, 2.05) is 34.6 Å². The van der Waals surface area contributed by atoms with Gasteiger partial charge in [0.1, 0.15) is 0 Å². The molecule has 0 aromatic rings. The number of hydrogen-bond acceptors (Lipinski definition) is 4. The summed E-state index contributed by atoms with van der Waals surface area (Å²) in [7, 11) is 0. The van der Waals surface area contributed by atoms with E-state index in [2.05, 4.69) is 48.5 Å². The third-order valence-corrected chi connectivity index (χ3v) is 6.39. The van der Waals surface area contributed by atoms with Gasteiger partial charge < -0.3 is 14.6 Å². The second-order valence-corrected chi connectivity index (χ2v) is 11.6. The van der Waals surface area contributed by atoms with Gasteiger partial charge in [0.25, 0.3) is 0 Å². The van der Waals surface area contributed by atoms with Crippen LogP contribution in [0.2, 0.25) is 0 Å². The van der Waals surface area contributed by atoms with Gasteiger partial charge in [-0.05, 0) is 44.9 Å². The van der Waals surface area contributed by atoms with Gasteiger partial charge in [-0.3, -0.25) is 4.79 Å². The zero-order valence-corrected chi connectivity index (χ0v) is 20.7. The van der Waals surface area contributed by atoms with Crippen molar-refractivity contribution in [1.82, 2.24) is 0 Å². The molecule has 0 spiro atoms. The van der Waals surface area contributed by atoms with Gasteiger partial charge >= 0.3 is 5.97 Å². The summed E-state index contributed by atoms with van der Waals surface area (Å²) >= 11 is 0. The van der Waals surface area contributed by atoms with Crippen LogP contribution in [-0.2, 0) is 14.3 Å². The van der Waals surface area contributed by atoms with Crippen LogP contribution >= 0.6 is 0 Å². The third-order valence-electron chi connectivity index (χ3n) is 6.39. The van der Waals surface area contributed by atoms with Crippen molar-refractivity contribution in [3.63, 3.8) is 0 Å². The molecule has 0 aromatic heterocycles. The zero-order valence-electron chi connectivity index (χ0n) is 20.7. The van der Waals surface area contributed by atoms with E-state index < -0.39 is 11.0 Å². The van der Waals surface area contributed by atoms with Crippen molar-refractivity contribution in [2.24, 2.45) is 28.1 Å². The largest absolute Gasteiger partial charge is 0.465 e. The van der Waals surface area contributed by atoms with E-state index in [-0.39, 0.29) is 41.3 Å². The minimum Gasteiger partial charge on any atom is -0.465 e. The Morgan fingerprint density at radius 2 is 1.46 bits per heavy atom. The summed E-state index contributed by atoms with van der Waals surface area (Å²) < 4.78 is 12.2. The molecule has 0 saturated heterocycles. The van der Waals surface area contributed by atoms with Crippen LogP contribution in [0.4, 0.5) is 0 Å².